The molecule has 0 radical (unpaired) electrons. The molecular formula is C23H19N3O3S. The number of thioether (sulfide) groups is 1. The molecule has 30 heavy (non-hydrogen) atoms. The molecule has 150 valence electrons. The van der Waals surface area contributed by atoms with E-state index in [1.165, 1.54) is 11.8 Å². The molecule has 1 aliphatic rings. The van der Waals surface area contributed by atoms with Crippen molar-refractivity contribution in [2.75, 3.05) is 0 Å². The first kappa shape index (κ1) is 19.7. The summed E-state index contributed by atoms with van der Waals surface area (Å²) in [6, 6.07) is 16.3. The number of amides is 1. The molecule has 0 bridgehead atoms. The highest BCUT2D eigenvalue weighted by Gasteiger charge is 2.24. The number of carbonyl (C=O) groups is 2. The number of benzene rings is 2. The van der Waals surface area contributed by atoms with Crippen molar-refractivity contribution in [3.05, 3.63) is 88.1 Å². The maximum absolute atomic E-state index is 12.5. The molecule has 7 heteroatoms. The lowest BCUT2D eigenvalue weighted by Gasteiger charge is -2.08. The molecular weight excluding hydrogens is 398 g/mol. The van der Waals surface area contributed by atoms with E-state index in [9.17, 15) is 14.7 Å². The Morgan fingerprint density at radius 2 is 1.93 bits per heavy atom. The third-order valence-electron chi connectivity index (χ3n) is 4.88. The summed E-state index contributed by atoms with van der Waals surface area (Å²) >= 11 is 1.28. The topological polar surface area (TPSA) is 83.7 Å². The predicted octanol–water partition coefficient (Wildman–Crippen LogP) is 4.68. The van der Waals surface area contributed by atoms with Gasteiger partial charge < -0.3 is 15.0 Å². The van der Waals surface area contributed by atoms with E-state index >= 15 is 0 Å². The summed E-state index contributed by atoms with van der Waals surface area (Å²) in [6.07, 6.45) is 3.61. The van der Waals surface area contributed by atoms with Crippen molar-refractivity contribution in [2.24, 2.45) is 4.99 Å². The second-order valence-corrected chi connectivity index (χ2v) is 7.89. The first-order valence-electron chi connectivity index (χ1n) is 9.29. The van der Waals surface area contributed by atoms with Crippen molar-refractivity contribution in [2.45, 2.75) is 13.8 Å². The van der Waals surface area contributed by atoms with Gasteiger partial charge in [0.1, 0.15) is 0 Å². The van der Waals surface area contributed by atoms with E-state index in [2.05, 4.69) is 10.3 Å². The van der Waals surface area contributed by atoms with Crippen molar-refractivity contribution >= 4 is 40.6 Å². The standard InChI is InChI=1S/C23H19N3O3S/c1-14-6-3-10-19(15(14)2)24-23-25-21(27)20(30-23)13-18-9-5-11-26(18)17-8-4-7-16(12-17)22(28)29/h3-13H,1-2H3,(H,28,29)(H,24,25,27). The third-order valence-corrected chi connectivity index (χ3v) is 5.79. The van der Waals surface area contributed by atoms with Gasteiger partial charge in [0, 0.05) is 17.6 Å². The van der Waals surface area contributed by atoms with Crippen LogP contribution in [0.3, 0.4) is 0 Å². The van der Waals surface area contributed by atoms with E-state index in [1.54, 1.807) is 24.3 Å². The number of aryl methyl sites for hydroxylation is 1. The summed E-state index contributed by atoms with van der Waals surface area (Å²) in [4.78, 5) is 28.9. The van der Waals surface area contributed by atoms with Crippen LogP contribution in [0, 0.1) is 13.8 Å². The molecule has 2 N–H and O–H groups in total. The van der Waals surface area contributed by atoms with Gasteiger partial charge in [0.15, 0.2) is 5.17 Å². The number of nitrogens with one attached hydrogen (secondary N) is 1. The lowest BCUT2D eigenvalue weighted by atomic mass is 10.1. The number of rotatable bonds is 4. The van der Waals surface area contributed by atoms with Crippen LogP contribution in [-0.2, 0) is 4.79 Å². The number of hydrogen-bond donors (Lipinski definition) is 2. The van der Waals surface area contributed by atoms with Gasteiger partial charge in [-0.25, -0.2) is 9.79 Å². The normalized spacial score (nSPS) is 16.3. The first-order valence-corrected chi connectivity index (χ1v) is 10.1. The van der Waals surface area contributed by atoms with E-state index in [-0.39, 0.29) is 11.5 Å². The molecule has 0 aliphatic carbocycles. The van der Waals surface area contributed by atoms with Gasteiger partial charge in [-0.1, -0.05) is 18.2 Å². The predicted molar refractivity (Wildman–Crippen MR) is 119 cm³/mol. The van der Waals surface area contributed by atoms with Gasteiger partial charge in [0.2, 0.25) is 0 Å². The fraction of sp³-hybridized carbons (Fsp3) is 0.0870. The second kappa shape index (κ2) is 8.04. The molecule has 0 spiro atoms. The van der Waals surface area contributed by atoms with Crippen LogP contribution in [0.2, 0.25) is 0 Å². The molecule has 0 saturated carbocycles. The van der Waals surface area contributed by atoms with Crippen LogP contribution in [0.5, 0.6) is 0 Å². The van der Waals surface area contributed by atoms with Crippen LogP contribution < -0.4 is 5.32 Å². The molecule has 3 aromatic rings. The number of carboxylic acids is 1. The van der Waals surface area contributed by atoms with Crippen LogP contribution in [0.4, 0.5) is 5.69 Å². The number of amidine groups is 1. The van der Waals surface area contributed by atoms with E-state index < -0.39 is 5.97 Å². The Hall–Kier alpha value is -3.58. The average Bonchev–Trinajstić information content (AvgIpc) is 3.32. The van der Waals surface area contributed by atoms with Gasteiger partial charge >= 0.3 is 5.97 Å². The zero-order valence-electron chi connectivity index (χ0n) is 16.4. The van der Waals surface area contributed by atoms with Crippen molar-refractivity contribution in [3.63, 3.8) is 0 Å². The first-order chi connectivity index (χ1) is 14.4. The molecule has 6 nitrogen and oxygen atoms in total. The number of aliphatic imine (C=N–C) groups is 1. The Morgan fingerprint density at radius 1 is 1.13 bits per heavy atom. The summed E-state index contributed by atoms with van der Waals surface area (Å²) in [7, 11) is 0. The zero-order valence-corrected chi connectivity index (χ0v) is 17.2. The highest BCUT2D eigenvalue weighted by molar-refractivity contribution is 8.18. The number of nitrogens with zero attached hydrogens (tertiary/aromatic N) is 2. The zero-order chi connectivity index (χ0) is 21.3. The Morgan fingerprint density at radius 3 is 2.73 bits per heavy atom. The summed E-state index contributed by atoms with van der Waals surface area (Å²) in [5.41, 5.74) is 4.72. The highest BCUT2D eigenvalue weighted by Crippen LogP contribution is 2.30. The van der Waals surface area contributed by atoms with Gasteiger partial charge in [-0.2, -0.15) is 0 Å². The lowest BCUT2D eigenvalue weighted by Crippen LogP contribution is -2.19. The SMILES string of the molecule is Cc1cccc(N=C2NC(=O)C(=Cc3cccn3-c3cccc(C(=O)O)c3)S2)c1C. The Balaban J connectivity index is 1.64. The highest BCUT2D eigenvalue weighted by atomic mass is 32.2. The summed E-state index contributed by atoms with van der Waals surface area (Å²) < 4.78 is 1.84. The number of aromatic nitrogens is 1. The molecule has 1 saturated heterocycles. The minimum absolute atomic E-state index is 0.204. The van der Waals surface area contributed by atoms with E-state index in [4.69, 9.17) is 0 Å². The van der Waals surface area contributed by atoms with Gasteiger partial charge in [-0.3, -0.25) is 4.79 Å². The fourth-order valence-electron chi connectivity index (χ4n) is 3.12. The van der Waals surface area contributed by atoms with Gasteiger partial charge in [-0.15, -0.1) is 0 Å². The molecule has 2 heterocycles. The molecule has 0 atom stereocenters. The van der Waals surface area contributed by atoms with Crippen molar-refractivity contribution in [3.8, 4) is 5.69 Å². The maximum Gasteiger partial charge on any atom is 0.335 e. The van der Waals surface area contributed by atoms with Crippen molar-refractivity contribution in [1.29, 1.82) is 0 Å². The van der Waals surface area contributed by atoms with E-state index in [0.29, 0.717) is 15.8 Å². The van der Waals surface area contributed by atoms with Gasteiger partial charge in [-0.05, 0) is 79.2 Å². The molecule has 1 aliphatic heterocycles. The third kappa shape index (κ3) is 3.92. The number of carboxylic acid groups (broad SMARTS) is 1. The molecule has 2 aromatic carbocycles. The van der Waals surface area contributed by atoms with Crippen molar-refractivity contribution in [1.82, 2.24) is 9.88 Å². The number of hydrogen-bond acceptors (Lipinski definition) is 4. The minimum atomic E-state index is -0.984. The monoisotopic (exact) mass is 417 g/mol. The smallest absolute Gasteiger partial charge is 0.335 e. The summed E-state index contributed by atoms with van der Waals surface area (Å²) in [5, 5.41) is 12.6. The van der Waals surface area contributed by atoms with Crippen LogP contribution in [0.25, 0.3) is 11.8 Å². The molecule has 4 rings (SSSR count). The van der Waals surface area contributed by atoms with Crippen LogP contribution in [0.1, 0.15) is 27.2 Å². The van der Waals surface area contributed by atoms with Gasteiger partial charge in [0.25, 0.3) is 5.91 Å². The number of carbonyl (C=O) groups excluding carboxylic acids is 1. The summed E-state index contributed by atoms with van der Waals surface area (Å²) in [5.74, 6) is -1.20. The lowest BCUT2D eigenvalue weighted by molar-refractivity contribution is -0.115. The Kier molecular flexibility index (Phi) is 5.29. The maximum atomic E-state index is 12.5. The quantitative estimate of drug-likeness (QED) is 0.604. The second-order valence-electron chi connectivity index (χ2n) is 6.86. The van der Waals surface area contributed by atoms with E-state index in [0.717, 1.165) is 22.5 Å². The van der Waals surface area contributed by atoms with Crippen LogP contribution in [-0.4, -0.2) is 26.7 Å². The summed E-state index contributed by atoms with van der Waals surface area (Å²) in [6.45, 7) is 4.03. The Labute approximate surface area is 178 Å². The van der Waals surface area contributed by atoms with E-state index in [1.807, 2.05) is 61.0 Å². The Bertz CT molecular complexity index is 1220. The minimum Gasteiger partial charge on any atom is -0.478 e. The van der Waals surface area contributed by atoms with Crippen LogP contribution in [0.15, 0.2) is 70.7 Å². The van der Waals surface area contributed by atoms with Gasteiger partial charge in [0.05, 0.1) is 16.2 Å². The fourth-order valence-corrected chi connectivity index (χ4v) is 3.94. The molecule has 1 aromatic heterocycles. The number of aromatic carboxylic acids is 1. The molecule has 1 fully saturated rings. The molecule has 0 unspecified atom stereocenters. The van der Waals surface area contributed by atoms with Crippen LogP contribution >= 0.6 is 11.8 Å². The average molecular weight is 417 g/mol. The largest absolute Gasteiger partial charge is 0.478 e. The molecule has 1 amide bonds. The van der Waals surface area contributed by atoms with Crippen molar-refractivity contribution < 1.29 is 14.7 Å².